The molecule has 2 rings (SSSR count). The Morgan fingerprint density at radius 1 is 1.06 bits per heavy atom. The van der Waals surface area contributed by atoms with Gasteiger partial charge in [-0.15, -0.1) is 0 Å². The molecule has 2 heteroatoms. The van der Waals surface area contributed by atoms with Crippen LogP contribution in [0.25, 0.3) is 0 Å². The number of nitrogens with one attached hydrogen (secondary N) is 1. The molecular weight excluding hydrogens is 196 g/mol. The van der Waals surface area contributed by atoms with E-state index in [4.69, 9.17) is 0 Å². The van der Waals surface area contributed by atoms with E-state index in [1.165, 1.54) is 45.3 Å². The fourth-order valence-corrected chi connectivity index (χ4v) is 3.56. The number of hydrogen-bond acceptors (Lipinski definition) is 2. The van der Waals surface area contributed by atoms with E-state index in [2.05, 4.69) is 31.0 Å². The SMILES string of the molecule is CCN(C1CCNC1)C1CCC(C)C(C)C1. The van der Waals surface area contributed by atoms with Crippen LogP contribution in [0.4, 0.5) is 0 Å². The second kappa shape index (κ2) is 5.50. The molecule has 0 amide bonds. The van der Waals surface area contributed by atoms with Gasteiger partial charge in [0.05, 0.1) is 0 Å². The van der Waals surface area contributed by atoms with Crippen molar-refractivity contribution in [2.45, 2.75) is 58.5 Å². The molecule has 1 aliphatic carbocycles. The van der Waals surface area contributed by atoms with Gasteiger partial charge in [0.25, 0.3) is 0 Å². The Morgan fingerprint density at radius 3 is 2.44 bits per heavy atom. The van der Waals surface area contributed by atoms with E-state index in [0.29, 0.717) is 0 Å². The lowest BCUT2D eigenvalue weighted by Crippen LogP contribution is -2.47. The molecule has 2 fully saturated rings. The minimum Gasteiger partial charge on any atom is -0.315 e. The molecule has 2 nitrogen and oxygen atoms in total. The maximum atomic E-state index is 3.50. The van der Waals surface area contributed by atoms with Crippen LogP contribution >= 0.6 is 0 Å². The second-order valence-electron chi connectivity index (χ2n) is 5.90. The summed E-state index contributed by atoms with van der Waals surface area (Å²) in [4.78, 5) is 2.78. The van der Waals surface area contributed by atoms with Crippen molar-refractivity contribution in [1.82, 2.24) is 10.2 Å². The van der Waals surface area contributed by atoms with Gasteiger partial charge >= 0.3 is 0 Å². The summed E-state index contributed by atoms with van der Waals surface area (Å²) in [5.74, 6) is 1.86. The molecule has 0 bridgehead atoms. The molecule has 0 aromatic carbocycles. The summed E-state index contributed by atoms with van der Waals surface area (Å²) in [6, 6.07) is 1.68. The highest BCUT2D eigenvalue weighted by atomic mass is 15.2. The third-order valence-electron chi connectivity index (χ3n) is 4.91. The first-order chi connectivity index (χ1) is 7.72. The van der Waals surface area contributed by atoms with Crippen molar-refractivity contribution in [3.8, 4) is 0 Å². The predicted molar refractivity (Wildman–Crippen MR) is 69.6 cm³/mol. The van der Waals surface area contributed by atoms with Crippen LogP contribution in [0.1, 0.15) is 46.5 Å². The molecule has 16 heavy (non-hydrogen) atoms. The summed E-state index contributed by atoms with van der Waals surface area (Å²) in [6.07, 6.45) is 5.64. The smallest absolute Gasteiger partial charge is 0.0235 e. The molecule has 1 aliphatic heterocycles. The van der Waals surface area contributed by atoms with Crippen LogP contribution in [0.15, 0.2) is 0 Å². The third kappa shape index (κ3) is 2.60. The molecule has 0 spiro atoms. The van der Waals surface area contributed by atoms with E-state index in [0.717, 1.165) is 23.9 Å². The maximum absolute atomic E-state index is 3.50. The Balaban J connectivity index is 1.93. The number of likely N-dealkylation sites (N-methyl/N-ethyl adjacent to an activating group) is 1. The van der Waals surface area contributed by atoms with E-state index in [1.54, 1.807) is 0 Å². The van der Waals surface area contributed by atoms with Gasteiger partial charge in [-0.1, -0.05) is 20.8 Å². The van der Waals surface area contributed by atoms with Crippen molar-refractivity contribution in [2.24, 2.45) is 11.8 Å². The van der Waals surface area contributed by atoms with Crippen LogP contribution in [-0.4, -0.2) is 36.6 Å². The van der Waals surface area contributed by atoms with Gasteiger partial charge in [0, 0.05) is 18.6 Å². The van der Waals surface area contributed by atoms with Gasteiger partial charge < -0.3 is 5.32 Å². The molecule has 1 N–H and O–H groups in total. The van der Waals surface area contributed by atoms with Crippen LogP contribution < -0.4 is 5.32 Å². The van der Waals surface area contributed by atoms with Crippen LogP contribution in [0.2, 0.25) is 0 Å². The molecule has 0 aromatic heterocycles. The van der Waals surface area contributed by atoms with Gasteiger partial charge in [-0.2, -0.15) is 0 Å². The van der Waals surface area contributed by atoms with Gasteiger partial charge in [0.15, 0.2) is 0 Å². The molecule has 1 heterocycles. The van der Waals surface area contributed by atoms with Gasteiger partial charge in [-0.25, -0.2) is 0 Å². The lowest BCUT2D eigenvalue weighted by atomic mass is 9.78. The first kappa shape index (κ1) is 12.4. The van der Waals surface area contributed by atoms with Crippen LogP contribution in [0, 0.1) is 11.8 Å². The normalized spacial score (nSPS) is 40.5. The molecule has 4 unspecified atom stereocenters. The zero-order chi connectivity index (χ0) is 11.5. The Labute approximate surface area is 101 Å². The largest absolute Gasteiger partial charge is 0.315 e. The summed E-state index contributed by atoms with van der Waals surface area (Å²) in [5.41, 5.74) is 0. The van der Waals surface area contributed by atoms with Gasteiger partial charge in [0.1, 0.15) is 0 Å². The Bertz CT molecular complexity index is 211. The standard InChI is InChI=1S/C14H28N2/c1-4-16(14-7-8-15-10-14)13-6-5-11(2)12(3)9-13/h11-15H,4-10H2,1-3H3. The molecule has 94 valence electrons. The summed E-state index contributed by atoms with van der Waals surface area (Å²) in [5, 5.41) is 3.50. The summed E-state index contributed by atoms with van der Waals surface area (Å²) in [6.45, 7) is 10.9. The second-order valence-corrected chi connectivity index (χ2v) is 5.90. The van der Waals surface area contributed by atoms with Crippen molar-refractivity contribution in [3.05, 3.63) is 0 Å². The van der Waals surface area contributed by atoms with E-state index in [1.807, 2.05) is 0 Å². The lowest BCUT2D eigenvalue weighted by molar-refractivity contribution is 0.0824. The van der Waals surface area contributed by atoms with Crippen molar-refractivity contribution < 1.29 is 0 Å². The molecular formula is C14H28N2. The number of hydrogen-bond donors (Lipinski definition) is 1. The van der Waals surface area contributed by atoms with Crippen LogP contribution in [0.3, 0.4) is 0 Å². The zero-order valence-electron chi connectivity index (χ0n) is 11.2. The Kier molecular flexibility index (Phi) is 4.26. The summed E-state index contributed by atoms with van der Waals surface area (Å²) >= 11 is 0. The van der Waals surface area contributed by atoms with Gasteiger partial charge in [-0.05, 0) is 50.6 Å². The zero-order valence-corrected chi connectivity index (χ0v) is 11.2. The lowest BCUT2D eigenvalue weighted by Gasteiger charge is -2.41. The summed E-state index contributed by atoms with van der Waals surface area (Å²) < 4.78 is 0. The van der Waals surface area contributed by atoms with Crippen LogP contribution in [-0.2, 0) is 0 Å². The topological polar surface area (TPSA) is 15.3 Å². The van der Waals surface area contributed by atoms with Crippen molar-refractivity contribution in [1.29, 1.82) is 0 Å². The Morgan fingerprint density at radius 2 is 1.88 bits per heavy atom. The monoisotopic (exact) mass is 224 g/mol. The van der Waals surface area contributed by atoms with E-state index < -0.39 is 0 Å². The first-order valence-electron chi connectivity index (χ1n) is 7.18. The Hall–Kier alpha value is -0.0800. The quantitative estimate of drug-likeness (QED) is 0.792. The molecule has 2 aliphatic rings. The molecule has 0 radical (unpaired) electrons. The minimum absolute atomic E-state index is 0.815. The first-order valence-corrected chi connectivity index (χ1v) is 7.18. The molecule has 4 atom stereocenters. The van der Waals surface area contributed by atoms with Gasteiger partial charge in [0.2, 0.25) is 0 Å². The van der Waals surface area contributed by atoms with E-state index in [9.17, 15) is 0 Å². The molecule has 1 saturated heterocycles. The highest BCUT2D eigenvalue weighted by molar-refractivity contribution is 4.88. The average Bonchev–Trinajstić information content (AvgIpc) is 2.78. The van der Waals surface area contributed by atoms with Crippen molar-refractivity contribution >= 4 is 0 Å². The highest BCUT2D eigenvalue weighted by Gasteiger charge is 2.32. The predicted octanol–water partition coefficient (Wildman–Crippen LogP) is 2.49. The third-order valence-corrected chi connectivity index (χ3v) is 4.91. The van der Waals surface area contributed by atoms with Crippen LogP contribution in [0.5, 0.6) is 0 Å². The average molecular weight is 224 g/mol. The van der Waals surface area contributed by atoms with E-state index in [-0.39, 0.29) is 0 Å². The van der Waals surface area contributed by atoms with Crippen molar-refractivity contribution in [2.75, 3.05) is 19.6 Å². The fraction of sp³-hybridized carbons (Fsp3) is 1.00. The highest BCUT2D eigenvalue weighted by Crippen LogP contribution is 2.33. The van der Waals surface area contributed by atoms with Gasteiger partial charge in [-0.3, -0.25) is 4.90 Å². The number of nitrogens with zero attached hydrogens (tertiary/aromatic N) is 1. The van der Waals surface area contributed by atoms with Crippen molar-refractivity contribution in [3.63, 3.8) is 0 Å². The maximum Gasteiger partial charge on any atom is 0.0235 e. The molecule has 0 aromatic rings. The number of rotatable bonds is 3. The molecule has 1 saturated carbocycles. The van der Waals surface area contributed by atoms with E-state index >= 15 is 0 Å². The minimum atomic E-state index is 0.815. The fourth-order valence-electron chi connectivity index (χ4n) is 3.56. The summed E-state index contributed by atoms with van der Waals surface area (Å²) in [7, 11) is 0.